The van der Waals surface area contributed by atoms with Crippen molar-refractivity contribution in [3.05, 3.63) is 41.1 Å². The van der Waals surface area contributed by atoms with E-state index in [-0.39, 0.29) is 0 Å². The van der Waals surface area contributed by atoms with E-state index in [0.29, 0.717) is 12.0 Å². The Balaban J connectivity index is 2.12. The van der Waals surface area contributed by atoms with Crippen LogP contribution >= 0.6 is 0 Å². The first-order valence-corrected chi connectivity index (χ1v) is 7.20. The van der Waals surface area contributed by atoms with Crippen LogP contribution in [0.5, 0.6) is 0 Å². The second kappa shape index (κ2) is 4.61. The first kappa shape index (κ1) is 12.6. The molecule has 1 aromatic heterocycles. The monoisotopic (exact) mass is 254 g/mol. The lowest BCUT2D eigenvalue weighted by Crippen LogP contribution is -2.24. The molecular formula is C17H22N2. The van der Waals surface area contributed by atoms with Crippen LogP contribution in [0, 0.1) is 0 Å². The highest BCUT2D eigenvalue weighted by Crippen LogP contribution is 2.31. The molecule has 0 unspecified atom stereocenters. The van der Waals surface area contributed by atoms with E-state index >= 15 is 0 Å². The van der Waals surface area contributed by atoms with Crippen molar-refractivity contribution in [2.75, 3.05) is 0 Å². The largest absolute Gasteiger partial charge is 0.292 e. The Kier molecular flexibility index (Phi) is 3.06. The predicted octanol–water partition coefficient (Wildman–Crippen LogP) is 4.08. The van der Waals surface area contributed by atoms with E-state index in [1.54, 1.807) is 0 Å². The lowest BCUT2D eigenvalue weighted by Gasteiger charge is -2.18. The van der Waals surface area contributed by atoms with E-state index < -0.39 is 0 Å². The second-order valence-corrected chi connectivity index (χ2v) is 6.19. The molecular weight excluding hydrogens is 232 g/mol. The van der Waals surface area contributed by atoms with Gasteiger partial charge in [0.2, 0.25) is 0 Å². The van der Waals surface area contributed by atoms with Gasteiger partial charge in [-0.2, -0.15) is 0 Å². The molecule has 0 spiro atoms. The van der Waals surface area contributed by atoms with Crippen LogP contribution in [0.1, 0.15) is 50.3 Å². The summed E-state index contributed by atoms with van der Waals surface area (Å²) in [4.78, 5) is 7.07. The number of aromatic nitrogens is 1. The van der Waals surface area contributed by atoms with Crippen molar-refractivity contribution >= 4 is 10.9 Å². The van der Waals surface area contributed by atoms with Gasteiger partial charge in [0.05, 0.1) is 5.52 Å². The van der Waals surface area contributed by atoms with Crippen molar-refractivity contribution in [1.29, 1.82) is 0 Å². The minimum Gasteiger partial charge on any atom is -0.292 e. The van der Waals surface area contributed by atoms with E-state index in [9.17, 15) is 0 Å². The highest BCUT2D eigenvalue weighted by molar-refractivity contribution is 5.84. The summed E-state index contributed by atoms with van der Waals surface area (Å²) in [5, 5.41) is 1.34. The van der Waals surface area contributed by atoms with E-state index in [4.69, 9.17) is 0 Å². The van der Waals surface area contributed by atoms with Gasteiger partial charge in [0, 0.05) is 30.7 Å². The number of pyridine rings is 1. The fourth-order valence-corrected chi connectivity index (χ4v) is 2.96. The molecule has 3 rings (SSSR count). The van der Waals surface area contributed by atoms with Crippen molar-refractivity contribution in [3.8, 4) is 0 Å². The Morgan fingerprint density at radius 3 is 2.37 bits per heavy atom. The third-order valence-electron chi connectivity index (χ3n) is 4.20. The molecule has 0 saturated carbocycles. The quantitative estimate of drug-likeness (QED) is 0.802. The van der Waals surface area contributed by atoms with Gasteiger partial charge in [-0.25, -0.2) is 0 Å². The molecule has 1 aliphatic heterocycles. The van der Waals surface area contributed by atoms with Crippen LogP contribution in [0.3, 0.4) is 0 Å². The van der Waals surface area contributed by atoms with Crippen LogP contribution < -0.4 is 0 Å². The van der Waals surface area contributed by atoms with E-state index in [1.807, 2.05) is 6.20 Å². The maximum absolute atomic E-state index is 4.55. The first-order valence-electron chi connectivity index (χ1n) is 7.20. The zero-order valence-corrected chi connectivity index (χ0v) is 12.3. The fourth-order valence-electron chi connectivity index (χ4n) is 2.96. The summed E-state index contributed by atoms with van der Waals surface area (Å²) in [7, 11) is 0. The summed E-state index contributed by atoms with van der Waals surface area (Å²) in [6.07, 6.45) is 1.94. The summed E-state index contributed by atoms with van der Waals surface area (Å²) >= 11 is 0. The Morgan fingerprint density at radius 2 is 1.74 bits per heavy atom. The molecule has 1 aromatic carbocycles. The Bertz CT molecular complexity index is 614. The lowest BCUT2D eigenvalue weighted by atomic mass is 9.96. The molecule has 0 bridgehead atoms. The molecule has 0 fully saturated rings. The van der Waals surface area contributed by atoms with Crippen molar-refractivity contribution in [1.82, 2.24) is 9.88 Å². The van der Waals surface area contributed by atoms with Crippen molar-refractivity contribution in [3.63, 3.8) is 0 Å². The number of nitrogens with zero attached hydrogens (tertiary/aromatic N) is 2. The van der Waals surface area contributed by atoms with E-state index in [0.717, 1.165) is 18.6 Å². The molecule has 2 heterocycles. The number of hydrogen-bond acceptors (Lipinski definition) is 2. The van der Waals surface area contributed by atoms with Crippen molar-refractivity contribution in [2.45, 2.75) is 52.7 Å². The van der Waals surface area contributed by atoms with Gasteiger partial charge in [0.1, 0.15) is 0 Å². The summed E-state index contributed by atoms with van der Waals surface area (Å²) in [6, 6.07) is 7.43. The molecule has 0 atom stereocenters. The maximum Gasteiger partial charge on any atom is 0.0708 e. The second-order valence-electron chi connectivity index (χ2n) is 6.19. The van der Waals surface area contributed by atoms with Crippen molar-refractivity contribution in [2.24, 2.45) is 0 Å². The van der Waals surface area contributed by atoms with Crippen LogP contribution in [0.2, 0.25) is 0 Å². The van der Waals surface area contributed by atoms with Gasteiger partial charge in [0.15, 0.2) is 0 Å². The number of fused-ring (bicyclic) bond motifs is 2. The molecule has 2 heteroatoms. The Hall–Kier alpha value is -1.41. The van der Waals surface area contributed by atoms with Crippen molar-refractivity contribution < 1.29 is 0 Å². The first-order chi connectivity index (χ1) is 9.06. The average molecular weight is 254 g/mol. The standard InChI is InChI=1S/C17H22N2/c1-11(2)15-5-6-18-17-8-14-10-19(12(3)4)9-13(14)7-16(15)17/h5-8,11-12H,9-10H2,1-4H3. The molecule has 1 aliphatic rings. The van der Waals surface area contributed by atoms with Gasteiger partial charge in [-0.05, 0) is 54.7 Å². The minimum absolute atomic E-state index is 0.547. The molecule has 100 valence electrons. The average Bonchev–Trinajstić information content (AvgIpc) is 2.78. The van der Waals surface area contributed by atoms with Gasteiger partial charge in [0.25, 0.3) is 0 Å². The highest BCUT2D eigenvalue weighted by atomic mass is 15.2. The number of rotatable bonds is 2. The van der Waals surface area contributed by atoms with Crippen LogP contribution in [-0.2, 0) is 13.1 Å². The maximum atomic E-state index is 4.55. The van der Waals surface area contributed by atoms with Crippen LogP contribution in [0.15, 0.2) is 24.4 Å². The number of hydrogen-bond donors (Lipinski definition) is 0. The normalized spacial score (nSPS) is 15.7. The molecule has 2 nitrogen and oxygen atoms in total. The minimum atomic E-state index is 0.547. The van der Waals surface area contributed by atoms with Crippen LogP contribution in [0.4, 0.5) is 0 Å². The molecule has 0 saturated heterocycles. The summed E-state index contributed by atoms with van der Waals surface area (Å²) in [5.74, 6) is 0.547. The van der Waals surface area contributed by atoms with Gasteiger partial charge in [-0.3, -0.25) is 9.88 Å². The third kappa shape index (κ3) is 2.14. The fraction of sp³-hybridized carbons (Fsp3) is 0.471. The SMILES string of the molecule is CC(C)c1ccnc2cc3c(cc12)CN(C(C)C)C3. The van der Waals surface area contributed by atoms with Gasteiger partial charge in [-0.1, -0.05) is 13.8 Å². The molecule has 19 heavy (non-hydrogen) atoms. The zero-order valence-electron chi connectivity index (χ0n) is 12.3. The Labute approximate surface area is 115 Å². The van der Waals surface area contributed by atoms with Crippen LogP contribution in [-0.4, -0.2) is 15.9 Å². The van der Waals surface area contributed by atoms with E-state index in [2.05, 4.69) is 55.8 Å². The number of benzene rings is 1. The smallest absolute Gasteiger partial charge is 0.0708 e. The predicted molar refractivity (Wildman–Crippen MR) is 80.2 cm³/mol. The summed E-state index contributed by atoms with van der Waals surface area (Å²) < 4.78 is 0. The van der Waals surface area contributed by atoms with Gasteiger partial charge in [-0.15, -0.1) is 0 Å². The Morgan fingerprint density at radius 1 is 1.05 bits per heavy atom. The summed E-state index contributed by atoms with van der Waals surface area (Å²) in [6.45, 7) is 11.2. The van der Waals surface area contributed by atoms with Gasteiger partial charge < -0.3 is 0 Å². The zero-order chi connectivity index (χ0) is 13.6. The molecule has 2 aromatic rings. The van der Waals surface area contributed by atoms with Crippen LogP contribution in [0.25, 0.3) is 10.9 Å². The molecule has 0 N–H and O–H groups in total. The molecule has 0 amide bonds. The topological polar surface area (TPSA) is 16.1 Å². The lowest BCUT2D eigenvalue weighted by molar-refractivity contribution is 0.227. The summed E-state index contributed by atoms with van der Waals surface area (Å²) in [5.41, 5.74) is 5.50. The highest BCUT2D eigenvalue weighted by Gasteiger charge is 2.22. The third-order valence-corrected chi connectivity index (χ3v) is 4.20. The van der Waals surface area contributed by atoms with Gasteiger partial charge >= 0.3 is 0 Å². The molecule has 0 radical (unpaired) electrons. The van der Waals surface area contributed by atoms with E-state index in [1.165, 1.54) is 22.1 Å². The molecule has 0 aliphatic carbocycles.